The molecule has 0 bridgehead atoms. The highest BCUT2D eigenvalue weighted by Gasteiger charge is 2.27. The highest BCUT2D eigenvalue weighted by Crippen LogP contribution is 2.16. The number of aliphatic hydroxyl groups excluding tert-OH is 2. The molecule has 0 spiro atoms. The van der Waals surface area contributed by atoms with Gasteiger partial charge in [0.05, 0.1) is 17.9 Å². The van der Waals surface area contributed by atoms with Crippen molar-refractivity contribution in [1.82, 2.24) is 5.32 Å². The van der Waals surface area contributed by atoms with E-state index in [2.05, 4.69) is 19.2 Å². The first-order chi connectivity index (χ1) is 24.7. The fourth-order valence-corrected chi connectivity index (χ4v) is 7.66. The van der Waals surface area contributed by atoms with Gasteiger partial charge in [0.25, 0.3) is 10.1 Å². The lowest BCUT2D eigenvalue weighted by atomic mass is 10.0. The summed E-state index contributed by atoms with van der Waals surface area (Å²) in [5.74, 6) is -1.52. The van der Waals surface area contributed by atoms with Crippen molar-refractivity contribution in [3.8, 4) is 0 Å². The van der Waals surface area contributed by atoms with E-state index in [-0.39, 0.29) is 6.42 Å². The predicted octanol–water partition coefficient (Wildman–Crippen LogP) is 11.9. The Morgan fingerprint density at radius 3 is 1.18 bits per heavy atom. The van der Waals surface area contributed by atoms with Gasteiger partial charge in [-0.3, -0.25) is 9.35 Å². The molecule has 0 aliphatic heterocycles. The van der Waals surface area contributed by atoms with Crippen LogP contribution in [0.15, 0.2) is 12.2 Å². The maximum Gasteiger partial charge on any atom is 0.267 e. The summed E-state index contributed by atoms with van der Waals surface area (Å²) in [5.41, 5.74) is 0. The quantitative estimate of drug-likeness (QED) is 0.0281. The van der Waals surface area contributed by atoms with E-state index in [1.54, 1.807) is 0 Å². The van der Waals surface area contributed by atoms with Gasteiger partial charge in [0.1, 0.15) is 6.10 Å². The van der Waals surface area contributed by atoms with Crippen LogP contribution in [0.5, 0.6) is 0 Å². The van der Waals surface area contributed by atoms with Crippen molar-refractivity contribution in [2.24, 2.45) is 0 Å². The second-order valence-corrected chi connectivity index (χ2v) is 17.0. The molecule has 0 aromatic carbocycles. The average molecular weight is 744 g/mol. The molecule has 0 fully saturated rings. The first kappa shape index (κ1) is 50.0. The lowest BCUT2D eigenvalue weighted by molar-refractivity contribution is -0.130. The van der Waals surface area contributed by atoms with Gasteiger partial charge in [-0.1, -0.05) is 225 Å². The minimum Gasteiger partial charge on any atom is -0.387 e. The van der Waals surface area contributed by atoms with E-state index in [4.69, 9.17) is 0 Å². The van der Waals surface area contributed by atoms with Crippen molar-refractivity contribution >= 4 is 16.0 Å². The molecule has 0 aliphatic carbocycles. The third kappa shape index (κ3) is 37.2. The molecule has 4 N–H and O–H groups in total. The van der Waals surface area contributed by atoms with Crippen LogP contribution in [0, 0.1) is 0 Å². The van der Waals surface area contributed by atoms with Crippen LogP contribution in [-0.4, -0.2) is 53.1 Å². The molecule has 0 heterocycles. The van der Waals surface area contributed by atoms with Crippen molar-refractivity contribution in [1.29, 1.82) is 0 Å². The smallest absolute Gasteiger partial charge is 0.267 e. The summed E-state index contributed by atoms with van der Waals surface area (Å²) in [6.07, 6.45) is 42.7. The number of nitrogens with one attached hydrogen (secondary N) is 1. The summed E-state index contributed by atoms with van der Waals surface area (Å²) in [5, 5.41) is 23.4. The zero-order chi connectivity index (χ0) is 37.7. The Labute approximate surface area is 316 Å². The summed E-state index contributed by atoms with van der Waals surface area (Å²) < 4.78 is 32.6. The van der Waals surface area contributed by atoms with Crippen LogP contribution in [0.25, 0.3) is 0 Å². The molecule has 51 heavy (non-hydrogen) atoms. The van der Waals surface area contributed by atoms with Crippen molar-refractivity contribution in [3.05, 3.63) is 12.2 Å². The Balaban J connectivity index is 3.97. The van der Waals surface area contributed by atoms with Crippen LogP contribution >= 0.6 is 0 Å². The third-order valence-corrected chi connectivity index (χ3v) is 11.1. The van der Waals surface area contributed by atoms with Gasteiger partial charge < -0.3 is 15.5 Å². The topological polar surface area (TPSA) is 124 Å². The molecule has 1 amide bonds. The molecular formula is C43H85NO6S. The molecule has 0 saturated carbocycles. The van der Waals surface area contributed by atoms with Gasteiger partial charge >= 0.3 is 0 Å². The number of rotatable bonds is 40. The number of hydrogen-bond acceptors (Lipinski definition) is 5. The molecule has 0 radical (unpaired) electrons. The molecule has 0 aliphatic rings. The minimum absolute atomic E-state index is 0.286. The number of carbonyl (C=O) groups is 1. The van der Waals surface area contributed by atoms with Crippen LogP contribution in [0.3, 0.4) is 0 Å². The molecule has 0 saturated heterocycles. The van der Waals surface area contributed by atoms with Crippen molar-refractivity contribution in [3.63, 3.8) is 0 Å². The van der Waals surface area contributed by atoms with Crippen LogP contribution < -0.4 is 5.32 Å². The summed E-state index contributed by atoms with van der Waals surface area (Å²) in [4.78, 5) is 12.6. The lowest BCUT2D eigenvalue weighted by Gasteiger charge is -2.22. The van der Waals surface area contributed by atoms with Crippen molar-refractivity contribution in [2.75, 3.05) is 5.75 Å². The highest BCUT2D eigenvalue weighted by atomic mass is 32.2. The Morgan fingerprint density at radius 2 is 0.843 bits per heavy atom. The maximum absolute atomic E-state index is 12.6. The molecule has 304 valence electrons. The van der Waals surface area contributed by atoms with Gasteiger partial charge in [0.15, 0.2) is 0 Å². The molecule has 8 heteroatoms. The van der Waals surface area contributed by atoms with E-state index in [1.807, 2.05) is 6.08 Å². The Morgan fingerprint density at radius 1 is 0.529 bits per heavy atom. The number of aliphatic hydroxyl groups is 2. The Bertz CT molecular complexity index is 880. The SMILES string of the molecule is CCCCCCCCCCCCCCCCCCC/C=C/C(O)C(CS(=O)(=O)O)NC(=O)C(O)CCCCCCCCCCCCCCCCC. The van der Waals surface area contributed by atoms with E-state index in [0.29, 0.717) is 6.42 Å². The average Bonchev–Trinajstić information content (AvgIpc) is 3.09. The Hall–Kier alpha value is -0.960. The van der Waals surface area contributed by atoms with E-state index >= 15 is 0 Å². The fourth-order valence-electron chi connectivity index (χ4n) is 6.93. The second kappa shape index (κ2) is 37.4. The zero-order valence-electron chi connectivity index (χ0n) is 33.6. The predicted molar refractivity (Wildman–Crippen MR) is 218 cm³/mol. The van der Waals surface area contributed by atoms with Crippen LogP contribution in [0.4, 0.5) is 0 Å². The molecule has 0 aromatic rings. The van der Waals surface area contributed by atoms with Crippen molar-refractivity contribution in [2.45, 2.75) is 250 Å². The number of allylic oxidation sites excluding steroid dienone is 1. The first-order valence-electron chi connectivity index (χ1n) is 22.0. The summed E-state index contributed by atoms with van der Waals surface area (Å²) in [6, 6.07) is -1.23. The number of carbonyl (C=O) groups excluding carboxylic acids is 1. The van der Waals surface area contributed by atoms with E-state index < -0.39 is 40.0 Å². The lowest BCUT2D eigenvalue weighted by Crippen LogP contribution is -2.50. The van der Waals surface area contributed by atoms with E-state index in [1.165, 1.54) is 173 Å². The maximum atomic E-state index is 12.6. The summed E-state index contributed by atoms with van der Waals surface area (Å²) >= 11 is 0. The standard InChI is InChI=1S/C43H85NO6S/c1-3-5-7-9-11-13-15-17-19-20-21-22-24-25-27-29-31-33-35-37-41(45)40(39-51(48,49)50)44-43(47)42(46)38-36-34-32-30-28-26-23-18-16-14-12-10-8-6-4-2/h35,37,40-42,45-46H,3-34,36,38-39H2,1-2H3,(H,44,47)(H,48,49,50)/b37-35+. The number of hydrogen-bond donors (Lipinski definition) is 4. The molecule has 3 unspecified atom stereocenters. The molecule has 3 atom stereocenters. The third-order valence-electron chi connectivity index (χ3n) is 10.3. The Kier molecular flexibility index (Phi) is 36.7. The first-order valence-corrected chi connectivity index (χ1v) is 23.6. The normalized spacial score (nSPS) is 13.9. The van der Waals surface area contributed by atoms with Crippen LogP contribution in [0.2, 0.25) is 0 Å². The van der Waals surface area contributed by atoms with Gasteiger partial charge in [-0.05, 0) is 19.3 Å². The largest absolute Gasteiger partial charge is 0.387 e. The minimum atomic E-state index is -4.44. The highest BCUT2D eigenvalue weighted by molar-refractivity contribution is 7.85. The molecule has 7 nitrogen and oxygen atoms in total. The van der Waals surface area contributed by atoms with E-state index in [9.17, 15) is 28.0 Å². The molecule has 0 aromatic heterocycles. The molecule has 0 rings (SSSR count). The van der Waals surface area contributed by atoms with Crippen LogP contribution in [0.1, 0.15) is 232 Å². The molecular weight excluding hydrogens is 659 g/mol. The van der Waals surface area contributed by atoms with Gasteiger partial charge in [0, 0.05) is 0 Å². The summed E-state index contributed by atoms with van der Waals surface area (Å²) in [6.45, 7) is 4.52. The van der Waals surface area contributed by atoms with Crippen molar-refractivity contribution < 1.29 is 28.0 Å². The van der Waals surface area contributed by atoms with Crippen LogP contribution in [-0.2, 0) is 14.9 Å². The number of unbranched alkanes of at least 4 members (excludes halogenated alkanes) is 31. The fraction of sp³-hybridized carbons (Fsp3) is 0.930. The van der Waals surface area contributed by atoms with E-state index in [0.717, 1.165) is 38.5 Å². The monoisotopic (exact) mass is 744 g/mol. The summed E-state index contributed by atoms with van der Waals surface area (Å²) in [7, 11) is -4.44. The van der Waals surface area contributed by atoms with Gasteiger partial charge in [-0.15, -0.1) is 0 Å². The number of amides is 1. The second-order valence-electron chi connectivity index (χ2n) is 15.5. The zero-order valence-corrected chi connectivity index (χ0v) is 34.4. The van der Waals surface area contributed by atoms with Gasteiger partial charge in [0.2, 0.25) is 5.91 Å². The van der Waals surface area contributed by atoms with Gasteiger partial charge in [-0.2, -0.15) is 8.42 Å². The van der Waals surface area contributed by atoms with Gasteiger partial charge in [-0.25, -0.2) is 0 Å².